The van der Waals surface area contributed by atoms with E-state index in [1.807, 2.05) is 0 Å². The Labute approximate surface area is 101 Å². The maximum absolute atomic E-state index is 13.5. The maximum atomic E-state index is 13.5. The number of amides is 1. The fourth-order valence-electron chi connectivity index (χ4n) is 1.94. The fraction of sp³-hybridized carbons (Fsp3) is 0.273. The average Bonchev–Trinajstić information content (AvgIpc) is 2.61. The van der Waals surface area contributed by atoms with Crippen molar-refractivity contribution in [3.8, 4) is 0 Å². The largest absolute Gasteiger partial charge is 0.298 e. The van der Waals surface area contributed by atoms with Gasteiger partial charge in [0.25, 0.3) is 5.69 Å². The Balaban J connectivity index is 2.61. The number of carbonyl (C=O) groups is 2. The zero-order chi connectivity index (χ0) is 13.4. The number of halogens is 1. The third-order valence-electron chi connectivity index (χ3n) is 2.79. The van der Waals surface area contributed by atoms with Gasteiger partial charge in [0, 0.05) is 11.6 Å². The van der Waals surface area contributed by atoms with Gasteiger partial charge in [0.15, 0.2) is 5.78 Å². The van der Waals surface area contributed by atoms with Crippen LogP contribution in [0.15, 0.2) is 12.1 Å². The van der Waals surface area contributed by atoms with Gasteiger partial charge in [-0.15, -0.1) is 0 Å². The molecule has 0 aromatic heterocycles. The first-order chi connectivity index (χ1) is 8.41. The predicted molar refractivity (Wildman–Crippen MR) is 59.8 cm³/mol. The molecule has 1 aromatic rings. The van der Waals surface area contributed by atoms with Crippen molar-refractivity contribution in [1.29, 1.82) is 0 Å². The number of carbonyl (C=O) groups excluding carboxylic acids is 2. The predicted octanol–water partition coefficient (Wildman–Crippen LogP) is 1.35. The van der Waals surface area contributed by atoms with E-state index in [2.05, 4.69) is 0 Å². The van der Waals surface area contributed by atoms with Gasteiger partial charge in [-0.05, 0) is 13.0 Å². The quantitative estimate of drug-likeness (QED) is 0.452. The van der Waals surface area contributed by atoms with Crippen LogP contribution >= 0.6 is 0 Å². The summed E-state index contributed by atoms with van der Waals surface area (Å²) in [5, 5.41) is 10.9. The van der Waals surface area contributed by atoms with E-state index in [4.69, 9.17) is 0 Å². The minimum atomic E-state index is -0.697. The van der Waals surface area contributed by atoms with E-state index in [0.29, 0.717) is 0 Å². The average molecular weight is 252 g/mol. The Morgan fingerprint density at radius 3 is 2.56 bits per heavy atom. The number of hydrogen-bond donors (Lipinski definition) is 0. The number of hydrogen-bond acceptors (Lipinski definition) is 4. The first-order valence-corrected chi connectivity index (χ1v) is 5.17. The van der Waals surface area contributed by atoms with Crippen LogP contribution in [0.4, 0.5) is 15.8 Å². The zero-order valence-corrected chi connectivity index (χ0v) is 9.47. The molecule has 7 heteroatoms. The van der Waals surface area contributed by atoms with Crippen LogP contribution in [0, 0.1) is 22.9 Å². The number of nitro groups is 1. The van der Waals surface area contributed by atoms with Gasteiger partial charge in [-0.2, -0.15) is 0 Å². The van der Waals surface area contributed by atoms with Crippen molar-refractivity contribution in [3.05, 3.63) is 33.6 Å². The molecule has 2 rings (SSSR count). The Morgan fingerprint density at radius 1 is 1.39 bits per heavy atom. The molecule has 0 N–H and O–H groups in total. The van der Waals surface area contributed by atoms with Gasteiger partial charge in [-0.1, -0.05) is 0 Å². The Morgan fingerprint density at radius 2 is 2.06 bits per heavy atom. The van der Waals surface area contributed by atoms with Gasteiger partial charge in [0.1, 0.15) is 11.5 Å². The van der Waals surface area contributed by atoms with E-state index in [-0.39, 0.29) is 35.7 Å². The van der Waals surface area contributed by atoms with E-state index < -0.39 is 16.6 Å². The minimum absolute atomic E-state index is 0.00718. The minimum Gasteiger partial charge on any atom is -0.298 e. The first-order valence-electron chi connectivity index (χ1n) is 5.17. The molecule has 0 aliphatic carbocycles. The second-order valence-corrected chi connectivity index (χ2v) is 3.99. The molecular formula is C11H9FN2O4. The topological polar surface area (TPSA) is 80.5 Å². The van der Waals surface area contributed by atoms with Crippen molar-refractivity contribution in [3.63, 3.8) is 0 Å². The molecule has 1 fully saturated rings. The normalized spacial score (nSPS) is 15.3. The lowest BCUT2D eigenvalue weighted by Gasteiger charge is -2.17. The molecule has 1 saturated heterocycles. The molecule has 18 heavy (non-hydrogen) atoms. The molecule has 1 aromatic carbocycles. The molecule has 0 unspecified atom stereocenters. The molecule has 6 nitrogen and oxygen atoms in total. The highest BCUT2D eigenvalue weighted by Crippen LogP contribution is 2.35. The van der Waals surface area contributed by atoms with E-state index in [0.717, 1.165) is 17.0 Å². The van der Waals surface area contributed by atoms with Crippen LogP contribution in [0.5, 0.6) is 0 Å². The Hall–Kier alpha value is -2.31. The molecule has 0 radical (unpaired) electrons. The summed E-state index contributed by atoms with van der Waals surface area (Å²) in [5.41, 5.74) is -0.514. The lowest BCUT2D eigenvalue weighted by Crippen LogP contribution is -2.26. The molecule has 0 atom stereocenters. The summed E-state index contributed by atoms with van der Waals surface area (Å²) in [7, 11) is 0. The van der Waals surface area contributed by atoms with E-state index in [1.165, 1.54) is 6.92 Å². The molecular weight excluding hydrogens is 243 g/mol. The molecule has 0 saturated carbocycles. The number of rotatable bonds is 2. The Kier molecular flexibility index (Phi) is 2.82. The molecule has 1 aliphatic heterocycles. The van der Waals surface area contributed by atoms with Crippen molar-refractivity contribution >= 4 is 23.1 Å². The standard InChI is InChI=1S/C11H9FN2O4/c1-6-8(12)2-3-9(14(17)18)11(6)13-5-7(15)4-10(13)16/h2-3H,4-5H2,1H3. The van der Waals surface area contributed by atoms with Crippen molar-refractivity contribution in [2.75, 3.05) is 11.4 Å². The lowest BCUT2D eigenvalue weighted by atomic mass is 10.1. The number of nitrogens with zero attached hydrogens (tertiary/aromatic N) is 2. The second kappa shape index (κ2) is 4.17. The maximum Gasteiger partial charge on any atom is 0.293 e. The van der Waals surface area contributed by atoms with Crippen LogP contribution in [-0.2, 0) is 9.59 Å². The molecule has 0 spiro atoms. The molecule has 1 amide bonds. The number of benzene rings is 1. The molecule has 94 valence electrons. The summed E-state index contributed by atoms with van der Waals surface area (Å²) in [6.45, 7) is 1.09. The summed E-state index contributed by atoms with van der Waals surface area (Å²) < 4.78 is 13.5. The van der Waals surface area contributed by atoms with Gasteiger partial charge < -0.3 is 0 Å². The van der Waals surface area contributed by atoms with Gasteiger partial charge in [-0.25, -0.2) is 4.39 Å². The van der Waals surface area contributed by atoms with Gasteiger partial charge >= 0.3 is 0 Å². The third-order valence-corrected chi connectivity index (χ3v) is 2.79. The molecule has 1 heterocycles. The van der Waals surface area contributed by atoms with Crippen LogP contribution in [0.3, 0.4) is 0 Å². The van der Waals surface area contributed by atoms with E-state index in [9.17, 15) is 24.1 Å². The van der Waals surface area contributed by atoms with Crippen LogP contribution in [-0.4, -0.2) is 23.2 Å². The lowest BCUT2D eigenvalue weighted by molar-refractivity contribution is -0.384. The molecule has 0 bridgehead atoms. The fourth-order valence-corrected chi connectivity index (χ4v) is 1.94. The van der Waals surface area contributed by atoms with Crippen LogP contribution in [0.2, 0.25) is 0 Å². The summed E-state index contributed by atoms with van der Waals surface area (Å²) in [6.07, 6.45) is -0.299. The summed E-state index contributed by atoms with van der Waals surface area (Å²) in [5.74, 6) is -1.53. The summed E-state index contributed by atoms with van der Waals surface area (Å²) in [4.78, 5) is 33.9. The third kappa shape index (κ3) is 1.83. The SMILES string of the molecule is Cc1c(F)ccc([N+](=O)[O-])c1N1CC(=O)CC1=O. The summed E-state index contributed by atoms with van der Waals surface area (Å²) in [6, 6.07) is 1.97. The first kappa shape index (κ1) is 12.2. The number of Topliss-reactive ketones (excluding diaryl/α,β-unsaturated/α-hetero) is 1. The second-order valence-electron chi connectivity index (χ2n) is 3.99. The Bertz CT molecular complexity index is 570. The van der Waals surface area contributed by atoms with Crippen LogP contribution < -0.4 is 4.90 Å². The summed E-state index contributed by atoms with van der Waals surface area (Å²) >= 11 is 0. The number of nitro benzene ring substituents is 1. The zero-order valence-electron chi connectivity index (χ0n) is 9.47. The van der Waals surface area contributed by atoms with E-state index in [1.54, 1.807) is 0 Å². The van der Waals surface area contributed by atoms with Crippen LogP contribution in [0.25, 0.3) is 0 Å². The van der Waals surface area contributed by atoms with Gasteiger partial charge in [0.05, 0.1) is 17.9 Å². The monoisotopic (exact) mass is 252 g/mol. The highest BCUT2D eigenvalue weighted by molar-refractivity contribution is 6.16. The smallest absolute Gasteiger partial charge is 0.293 e. The van der Waals surface area contributed by atoms with Gasteiger partial charge in [0.2, 0.25) is 5.91 Å². The van der Waals surface area contributed by atoms with Gasteiger partial charge in [-0.3, -0.25) is 24.6 Å². The number of ketones is 1. The van der Waals surface area contributed by atoms with Crippen molar-refractivity contribution in [1.82, 2.24) is 0 Å². The van der Waals surface area contributed by atoms with Crippen molar-refractivity contribution < 1.29 is 18.9 Å². The van der Waals surface area contributed by atoms with Crippen LogP contribution in [0.1, 0.15) is 12.0 Å². The molecule has 1 aliphatic rings. The highest BCUT2D eigenvalue weighted by Gasteiger charge is 2.34. The highest BCUT2D eigenvalue weighted by atomic mass is 19.1. The van der Waals surface area contributed by atoms with E-state index >= 15 is 0 Å². The number of anilines is 1. The van der Waals surface area contributed by atoms with Crippen molar-refractivity contribution in [2.45, 2.75) is 13.3 Å². The van der Waals surface area contributed by atoms with Crippen molar-refractivity contribution in [2.24, 2.45) is 0 Å².